The number of rotatable bonds is 3. The highest BCUT2D eigenvalue weighted by atomic mass is 16.5. The molecule has 0 amide bonds. The fourth-order valence-corrected chi connectivity index (χ4v) is 2.37. The van der Waals surface area contributed by atoms with Crippen molar-refractivity contribution in [2.75, 3.05) is 7.11 Å². The third-order valence-electron chi connectivity index (χ3n) is 3.24. The van der Waals surface area contributed by atoms with Crippen LogP contribution >= 0.6 is 0 Å². The average molecular weight is 232 g/mol. The maximum Gasteiger partial charge on any atom is 0.166 e. The van der Waals surface area contributed by atoms with E-state index in [9.17, 15) is 9.59 Å². The van der Waals surface area contributed by atoms with E-state index in [1.807, 2.05) is 12.1 Å². The van der Waals surface area contributed by atoms with Crippen LogP contribution in [0.1, 0.15) is 35.7 Å². The van der Waals surface area contributed by atoms with Crippen molar-refractivity contribution in [2.24, 2.45) is 5.92 Å². The van der Waals surface area contributed by atoms with Crippen LogP contribution in [0.4, 0.5) is 0 Å². The number of ether oxygens (including phenoxy) is 1. The molecule has 90 valence electrons. The molecule has 0 spiro atoms. The minimum Gasteiger partial charge on any atom is -0.497 e. The smallest absolute Gasteiger partial charge is 0.166 e. The number of fused-ring (bicyclic) bond motifs is 1. The number of carbonyl (C=O) groups is 2. The molecule has 1 aromatic carbocycles. The first-order valence-electron chi connectivity index (χ1n) is 5.82. The van der Waals surface area contributed by atoms with Crippen molar-refractivity contribution in [3.63, 3.8) is 0 Å². The minimum absolute atomic E-state index is 0.0836. The van der Waals surface area contributed by atoms with Gasteiger partial charge in [-0.05, 0) is 43.5 Å². The number of hydrogen-bond acceptors (Lipinski definition) is 3. The van der Waals surface area contributed by atoms with Gasteiger partial charge in [0, 0.05) is 17.9 Å². The van der Waals surface area contributed by atoms with Gasteiger partial charge in [-0.2, -0.15) is 0 Å². The topological polar surface area (TPSA) is 43.4 Å². The van der Waals surface area contributed by atoms with Crippen molar-refractivity contribution in [3.8, 4) is 5.75 Å². The normalized spacial score (nSPS) is 18.7. The molecule has 2 rings (SSSR count). The zero-order valence-electron chi connectivity index (χ0n) is 10.2. The molecule has 0 fully saturated rings. The number of Topliss-reactive ketones (excluding diaryl/α,β-unsaturated/α-hetero) is 2. The van der Waals surface area contributed by atoms with Gasteiger partial charge in [0.2, 0.25) is 0 Å². The van der Waals surface area contributed by atoms with Gasteiger partial charge in [0.25, 0.3) is 0 Å². The van der Waals surface area contributed by atoms with Crippen LogP contribution in [0.5, 0.6) is 5.75 Å². The first-order chi connectivity index (χ1) is 8.11. The van der Waals surface area contributed by atoms with E-state index in [0.29, 0.717) is 6.42 Å². The van der Waals surface area contributed by atoms with Crippen molar-refractivity contribution < 1.29 is 14.3 Å². The van der Waals surface area contributed by atoms with Gasteiger partial charge in [0.15, 0.2) is 5.78 Å². The van der Waals surface area contributed by atoms with Gasteiger partial charge in [-0.15, -0.1) is 0 Å². The Labute approximate surface area is 101 Å². The quantitative estimate of drug-likeness (QED) is 0.803. The van der Waals surface area contributed by atoms with Crippen molar-refractivity contribution in [1.29, 1.82) is 0 Å². The molecule has 0 radical (unpaired) electrons. The molecule has 0 saturated carbocycles. The highest BCUT2D eigenvalue weighted by Crippen LogP contribution is 2.30. The van der Waals surface area contributed by atoms with Gasteiger partial charge >= 0.3 is 0 Å². The Morgan fingerprint density at radius 1 is 1.47 bits per heavy atom. The van der Waals surface area contributed by atoms with Crippen LogP contribution in [-0.2, 0) is 11.2 Å². The van der Waals surface area contributed by atoms with Gasteiger partial charge in [0.05, 0.1) is 7.11 Å². The molecular formula is C14H16O3. The lowest BCUT2D eigenvalue weighted by molar-refractivity contribution is -0.117. The summed E-state index contributed by atoms with van der Waals surface area (Å²) >= 11 is 0. The molecular weight excluding hydrogens is 216 g/mol. The Morgan fingerprint density at radius 3 is 2.88 bits per heavy atom. The molecule has 17 heavy (non-hydrogen) atoms. The largest absolute Gasteiger partial charge is 0.497 e. The van der Waals surface area contributed by atoms with Gasteiger partial charge in [-0.25, -0.2) is 0 Å². The van der Waals surface area contributed by atoms with Gasteiger partial charge in [-0.3, -0.25) is 4.79 Å². The molecule has 1 atom stereocenters. The van der Waals surface area contributed by atoms with Crippen LogP contribution in [0, 0.1) is 5.92 Å². The molecule has 0 unspecified atom stereocenters. The highest BCUT2D eigenvalue weighted by molar-refractivity contribution is 6.02. The number of methoxy groups -OCH3 is 1. The summed E-state index contributed by atoms with van der Waals surface area (Å²) in [4.78, 5) is 23.3. The van der Waals surface area contributed by atoms with Crippen molar-refractivity contribution in [2.45, 2.75) is 26.2 Å². The molecule has 1 aliphatic carbocycles. The summed E-state index contributed by atoms with van der Waals surface area (Å²) in [6, 6.07) is 5.52. The molecule has 3 heteroatoms. The summed E-state index contributed by atoms with van der Waals surface area (Å²) < 4.78 is 5.14. The number of hydrogen-bond donors (Lipinski definition) is 0. The van der Waals surface area contributed by atoms with Crippen molar-refractivity contribution in [3.05, 3.63) is 29.3 Å². The maximum absolute atomic E-state index is 12.2. The highest BCUT2D eigenvalue weighted by Gasteiger charge is 2.28. The first kappa shape index (κ1) is 11.8. The molecule has 0 heterocycles. The van der Waals surface area contributed by atoms with E-state index >= 15 is 0 Å². The van der Waals surface area contributed by atoms with E-state index in [-0.39, 0.29) is 17.5 Å². The molecule has 0 aliphatic heterocycles. The Kier molecular flexibility index (Phi) is 3.27. The van der Waals surface area contributed by atoms with Gasteiger partial charge < -0.3 is 9.53 Å². The second kappa shape index (κ2) is 4.70. The lowest BCUT2D eigenvalue weighted by atomic mass is 9.80. The minimum atomic E-state index is -0.131. The van der Waals surface area contributed by atoms with E-state index in [4.69, 9.17) is 4.74 Å². The zero-order valence-corrected chi connectivity index (χ0v) is 10.2. The third-order valence-corrected chi connectivity index (χ3v) is 3.24. The van der Waals surface area contributed by atoms with Crippen LogP contribution < -0.4 is 4.74 Å². The van der Waals surface area contributed by atoms with Crippen LogP contribution in [0.3, 0.4) is 0 Å². The Hall–Kier alpha value is -1.64. The molecule has 0 aromatic heterocycles. The molecule has 3 nitrogen and oxygen atoms in total. The van der Waals surface area contributed by atoms with E-state index < -0.39 is 0 Å². The van der Waals surface area contributed by atoms with Crippen molar-refractivity contribution >= 4 is 11.6 Å². The van der Waals surface area contributed by atoms with Gasteiger partial charge in [-0.1, -0.05) is 0 Å². The van der Waals surface area contributed by atoms with Crippen molar-refractivity contribution in [1.82, 2.24) is 0 Å². The number of carbonyl (C=O) groups excluding carboxylic acids is 2. The molecule has 0 N–H and O–H groups in total. The third kappa shape index (κ3) is 2.38. The predicted octanol–water partition coefficient (Wildman–Crippen LogP) is 2.42. The number of benzene rings is 1. The lowest BCUT2D eigenvalue weighted by Crippen LogP contribution is -2.24. The fraction of sp³-hybridized carbons (Fsp3) is 0.429. The summed E-state index contributed by atoms with van der Waals surface area (Å²) in [5.41, 5.74) is 1.79. The Bertz CT molecular complexity index is 463. The summed E-state index contributed by atoms with van der Waals surface area (Å²) in [7, 11) is 1.62. The SMILES string of the molecule is COc1ccc2c(c1)CC[C@H](CC(C)=O)C2=O. The zero-order chi connectivity index (χ0) is 12.4. The van der Waals surface area contributed by atoms with Crippen LogP contribution in [0.2, 0.25) is 0 Å². The number of ketones is 2. The van der Waals surface area contributed by atoms with Crippen LogP contribution in [-0.4, -0.2) is 18.7 Å². The summed E-state index contributed by atoms with van der Waals surface area (Å²) in [5.74, 6) is 0.833. The van der Waals surface area contributed by atoms with E-state index in [1.165, 1.54) is 6.92 Å². The summed E-state index contributed by atoms with van der Waals surface area (Å²) in [6.07, 6.45) is 1.97. The maximum atomic E-state index is 12.2. The first-order valence-corrected chi connectivity index (χ1v) is 5.82. The second-order valence-corrected chi connectivity index (χ2v) is 4.53. The molecule has 1 aliphatic rings. The fourth-order valence-electron chi connectivity index (χ4n) is 2.37. The standard InChI is InChI=1S/C14H16O3/c1-9(15)7-11-4-3-10-8-12(17-2)5-6-13(10)14(11)16/h5-6,8,11H,3-4,7H2,1-2H3/t11-/m1/s1. The lowest BCUT2D eigenvalue weighted by Gasteiger charge is -2.22. The van der Waals surface area contributed by atoms with E-state index in [2.05, 4.69) is 0 Å². The predicted molar refractivity (Wildman–Crippen MR) is 64.4 cm³/mol. The Morgan fingerprint density at radius 2 is 2.24 bits per heavy atom. The van der Waals surface area contributed by atoms with Crippen LogP contribution in [0.25, 0.3) is 0 Å². The monoisotopic (exact) mass is 232 g/mol. The number of aryl methyl sites for hydroxylation is 1. The van der Waals surface area contributed by atoms with E-state index in [1.54, 1.807) is 13.2 Å². The summed E-state index contributed by atoms with van der Waals surface area (Å²) in [5, 5.41) is 0. The molecule has 0 bridgehead atoms. The summed E-state index contributed by atoms with van der Waals surface area (Å²) in [6.45, 7) is 1.54. The molecule has 0 saturated heterocycles. The molecule has 1 aromatic rings. The average Bonchev–Trinajstić information content (AvgIpc) is 2.32. The van der Waals surface area contributed by atoms with Crippen LogP contribution in [0.15, 0.2) is 18.2 Å². The second-order valence-electron chi connectivity index (χ2n) is 4.53. The van der Waals surface area contributed by atoms with Gasteiger partial charge in [0.1, 0.15) is 11.5 Å². The van der Waals surface area contributed by atoms with E-state index in [0.717, 1.165) is 29.7 Å². The Balaban J connectivity index is 2.27.